The molecule has 0 amide bonds. The number of halogens is 1. The van der Waals surface area contributed by atoms with Crippen molar-refractivity contribution in [3.05, 3.63) is 35.6 Å². The van der Waals surface area contributed by atoms with E-state index < -0.39 is 0 Å². The fourth-order valence-electron chi connectivity index (χ4n) is 2.21. The summed E-state index contributed by atoms with van der Waals surface area (Å²) in [6.45, 7) is 5.48. The number of hydrogen-bond acceptors (Lipinski definition) is 1. The number of benzene rings is 1. The molecule has 1 aromatic carbocycles. The van der Waals surface area contributed by atoms with Crippen molar-refractivity contribution in [2.24, 2.45) is 5.41 Å². The highest BCUT2D eigenvalue weighted by Crippen LogP contribution is 2.48. The molecule has 0 heterocycles. The fourth-order valence-corrected chi connectivity index (χ4v) is 2.21. The first-order valence-corrected chi connectivity index (χ1v) is 6.12. The Morgan fingerprint density at radius 2 is 1.94 bits per heavy atom. The van der Waals surface area contributed by atoms with Gasteiger partial charge < -0.3 is 5.32 Å². The Hall–Kier alpha value is -0.890. The van der Waals surface area contributed by atoms with Crippen LogP contribution in [0.1, 0.15) is 32.3 Å². The molecule has 1 unspecified atom stereocenters. The highest BCUT2D eigenvalue weighted by molar-refractivity contribution is 5.19. The standard InChI is InChI=1S/C14H20FN/c1-3-16-13(14(2)8-9-14)10-11-4-6-12(15)7-5-11/h4-7,13,16H,3,8-10H2,1-2H3. The third-order valence-corrected chi connectivity index (χ3v) is 3.68. The Labute approximate surface area is 97.1 Å². The van der Waals surface area contributed by atoms with Gasteiger partial charge in [-0.2, -0.15) is 0 Å². The number of rotatable bonds is 5. The third kappa shape index (κ3) is 2.62. The van der Waals surface area contributed by atoms with Crippen LogP contribution in [0.4, 0.5) is 4.39 Å². The number of hydrogen-bond donors (Lipinski definition) is 1. The molecule has 1 N–H and O–H groups in total. The van der Waals surface area contributed by atoms with Gasteiger partial charge in [-0.15, -0.1) is 0 Å². The van der Waals surface area contributed by atoms with Gasteiger partial charge in [-0.1, -0.05) is 26.0 Å². The second-order valence-corrected chi connectivity index (χ2v) is 5.09. The summed E-state index contributed by atoms with van der Waals surface area (Å²) < 4.78 is 12.8. The van der Waals surface area contributed by atoms with Crippen molar-refractivity contribution in [3.8, 4) is 0 Å². The lowest BCUT2D eigenvalue weighted by Gasteiger charge is -2.24. The van der Waals surface area contributed by atoms with Crippen LogP contribution in [-0.2, 0) is 6.42 Å². The van der Waals surface area contributed by atoms with E-state index in [0.717, 1.165) is 13.0 Å². The van der Waals surface area contributed by atoms with Gasteiger partial charge in [-0.3, -0.25) is 0 Å². The molecule has 0 bridgehead atoms. The summed E-state index contributed by atoms with van der Waals surface area (Å²) >= 11 is 0. The van der Waals surface area contributed by atoms with E-state index in [1.54, 1.807) is 12.1 Å². The second-order valence-electron chi connectivity index (χ2n) is 5.09. The highest BCUT2D eigenvalue weighted by Gasteiger charge is 2.44. The van der Waals surface area contributed by atoms with Gasteiger partial charge in [0.1, 0.15) is 5.82 Å². The van der Waals surface area contributed by atoms with Gasteiger partial charge in [0.25, 0.3) is 0 Å². The summed E-state index contributed by atoms with van der Waals surface area (Å²) in [6, 6.07) is 7.42. The van der Waals surface area contributed by atoms with Gasteiger partial charge in [0, 0.05) is 6.04 Å². The molecule has 1 aliphatic rings. The SMILES string of the molecule is CCNC(Cc1ccc(F)cc1)C1(C)CC1. The minimum absolute atomic E-state index is 0.151. The van der Waals surface area contributed by atoms with E-state index in [9.17, 15) is 4.39 Å². The highest BCUT2D eigenvalue weighted by atomic mass is 19.1. The van der Waals surface area contributed by atoms with Crippen molar-refractivity contribution in [1.29, 1.82) is 0 Å². The molecule has 1 aliphatic carbocycles. The first-order chi connectivity index (χ1) is 7.64. The predicted octanol–water partition coefficient (Wildman–Crippen LogP) is 3.15. The van der Waals surface area contributed by atoms with E-state index in [-0.39, 0.29) is 5.82 Å². The minimum atomic E-state index is -0.151. The van der Waals surface area contributed by atoms with Crippen molar-refractivity contribution in [2.45, 2.75) is 39.2 Å². The largest absolute Gasteiger partial charge is 0.313 e. The Morgan fingerprint density at radius 3 is 2.44 bits per heavy atom. The second kappa shape index (κ2) is 4.54. The van der Waals surface area contributed by atoms with E-state index in [0.29, 0.717) is 11.5 Å². The van der Waals surface area contributed by atoms with Gasteiger partial charge in [0.05, 0.1) is 0 Å². The van der Waals surface area contributed by atoms with Crippen LogP contribution >= 0.6 is 0 Å². The maximum absolute atomic E-state index is 12.8. The molecule has 2 rings (SSSR count). The number of nitrogens with one attached hydrogen (secondary N) is 1. The monoisotopic (exact) mass is 221 g/mol. The molecular formula is C14H20FN. The van der Waals surface area contributed by atoms with Crippen molar-refractivity contribution < 1.29 is 4.39 Å². The lowest BCUT2D eigenvalue weighted by Crippen LogP contribution is -2.37. The molecule has 0 radical (unpaired) electrons. The summed E-state index contributed by atoms with van der Waals surface area (Å²) in [5.74, 6) is -0.151. The van der Waals surface area contributed by atoms with Crippen LogP contribution in [0.25, 0.3) is 0 Å². The maximum atomic E-state index is 12.8. The van der Waals surface area contributed by atoms with Gasteiger partial charge in [-0.05, 0) is 48.9 Å². The van der Waals surface area contributed by atoms with Gasteiger partial charge >= 0.3 is 0 Å². The van der Waals surface area contributed by atoms with Gasteiger partial charge in [0.15, 0.2) is 0 Å². The van der Waals surface area contributed by atoms with Crippen LogP contribution in [0.15, 0.2) is 24.3 Å². The molecule has 2 heteroatoms. The normalized spacial score (nSPS) is 19.4. The Bertz CT molecular complexity index is 340. The minimum Gasteiger partial charge on any atom is -0.313 e. The maximum Gasteiger partial charge on any atom is 0.123 e. The van der Waals surface area contributed by atoms with Gasteiger partial charge in [0.2, 0.25) is 0 Å². The molecule has 1 nitrogen and oxygen atoms in total. The first kappa shape index (κ1) is 11.6. The Kier molecular flexibility index (Phi) is 3.29. The van der Waals surface area contributed by atoms with Crippen LogP contribution in [-0.4, -0.2) is 12.6 Å². The molecule has 88 valence electrons. The average molecular weight is 221 g/mol. The van der Waals surface area contributed by atoms with Gasteiger partial charge in [-0.25, -0.2) is 4.39 Å². The summed E-state index contributed by atoms with van der Waals surface area (Å²) in [7, 11) is 0. The van der Waals surface area contributed by atoms with E-state index in [2.05, 4.69) is 19.2 Å². The first-order valence-electron chi connectivity index (χ1n) is 6.12. The van der Waals surface area contributed by atoms with Crippen LogP contribution < -0.4 is 5.32 Å². The summed E-state index contributed by atoms with van der Waals surface area (Å²) in [4.78, 5) is 0. The predicted molar refractivity (Wildman–Crippen MR) is 64.9 cm³/mol. The molecule has 1 atom stereocenters. The van der Waals surface area contributed by atoms with Crippen LogP contribution in [0.2, 0.25) is 0 Å². The Morgan fingerprint density at radius 1 is 1.31 bits per heavy atom. The van der Waals surface area contributed by atoms with Crippen LogP contribution in [0, 0.1) is 11.2 Å². The molecule has 1 saturated carbocycles. The lowest BCUT2D eigenvalue weighted by molar-refractivity contribution is 0.360. The van der Waals surface area contributed by atoms with E-state index in [1.165, 1.54) is 18.4 Å². The Balaban J connectivity index is 2.02. The molecular weight excluding hydrogens is 201 g/mol. The molecule has 0 aliphatic heterocycles. The molecule has 16 heavy (non-hydrogen) atoms. The summed E-state index contributed by atoms with van der Waals surface area (Å²) in [5.41, 5.74) is 1.69. The van der Waals surface area contributed by atoms with Crippen molar-refractivity contribution in [3.63, 3.8) is 0 Å². The third-order valence-electron chi connectivity index (χ3n) is 3.68. The summed E-state index contributed by atoms with van der Waals surface area (Å²) in [5, 5.41) is 3.55. The van der Waals surface area contributed by atoms with Crippen molar-refractivity contribution in [1.82, 2.24) is 5.32 Å². The zero-order valence-electron chi connectivity index (χ0n) is 10.1. The zero-order valence-corrected chi connectivity index (χ0v) is 10.1. The summed E-state index contributed by atoms with van der Waals surface area (Å²) in [6.07, 6.45) is 3.63. The molecule has 1 fully saturated rings. The zero-order chi connectivity index (χ0) is 11.6. The van der Waals surface area contributed by atoms with Crippen molar-refractivity contribution >= 4 is 0 Å². The van der Waals surface area contributed by atoms with E-state index >= 15 is 0 Å². The number of likely N-dealkylation sites (N-methyl/N-ethyl adjacent to an activating group) is 1. The van der Waals surface area contributed by atoms with Crippen LogP contribution in [0.3, 0.4) is 0 Å². The molecule has 0 spiro atoms. The molecule has 1 aromatic rings. The lowest BCUT2D eigenvalue weighted by atomic mass is 9.92. The molecule has 0 saturated heterocycles. The quantitative estimate of drug-likeness (QED) is 0.805. The smallest absolute Gasteiger partial charge is 0.123 e. The fraction of sp³-hybridized carbons (Fsp3) is 0.571. The van der Waals surface area contributed by atoms with E-state index in [1.807, 2.05) is 12.1 Å². The molecule has 0 aromatic heterocycles. The topological polar surface area (TPSA) is 12.0 Å². The van der Waals surface area contributed by atoms with Crippen molar-refractivity contribution in [2.75, 3.05) is 6.54 Å². The van der Waals surface area contributed by atoms with E-state index in [4.69, 9.17) is 0 Å². The average Bonchev–Trinajstić information content (AvgIpc) is 3.00. The van der Waals surface area contributed by atoms with Crippen LogP contribution in [0.5, 0.6) is 0 Å².